The van der Waals surface area contributed by atoms with Gasteiger partial charge in [-0.15, -0.1) is 10.2 Å². The van der Waals surface area contributed by atoms with Gasteiger partial charge in [0.05, 0.1) is 18.6 Å². The summed E-state index contributed by atoms with van der Waals surface area (Å²) in [6, 6.07) is 17.3. The van der Waals surface area contributed by atoms with Crippen molar-refractivity contribution < 1.29 is 9.53 Å². The number of nitrogens with zero attached hydrogens (tertiary/aromatic N) is 3. The van der Waals surface area contributed by atoms with Crippen LogP contribution in [0, 0.1) is 0 Å². The normalized spacial score (nSPS) is 10.4. The number of carbonyl (C=O) groups is 1. The number of rotatable bonds is 8. The molecule has 0 spiro atoms. The predicted molar refractivity (Wildman–Crippen MR) is 111 cm³/mol. The van der Waals surface area contributed by atoms with E-state index in [1.807, 2.05) is 61.5 Å². The summed E-state index contributed by atoms with van der Waals surface area (Å²) in [5, 5.41) is 12.2. The van der Waals surface area contributed by atoms with Crippen LogP contribution >= 0.6 is 23.1 Å². The van der Waals surface area contributed by atoms with Crippen LogP contribution in [0.3, 0.4) is 0 Å². The van der Waals surface area contributed by atoms with Crippen LogP contribution in [0.5, 0.6) is 5.75 Å². The molecule has 0 aliphatic rings. The molecule has 1 N–H and O–H groups in total. The van der Waals surface area contributed by atoms with E-state index in [2.05, 4.69) is 15.5 Å². The molecule has 3 aromatic rings. The molecule has 1 heterocycles. The van der Waals surface area contributed by atoms with Gasteiger partial charge in [-0.25, -0.2) is 0 Å². The number of nitrogens with one attached hydrogen (secondary N) is 1. The minimum Gasteiger partial charge on any atom is -0.495 e. The highest BCUT2D eigenvalue weighted by Crippen LogP contribution is 2.31. The highest BCUT2D eigenvalue weighted by molar-refractivity contribution is 8.01. The standard InChI is InChI=1S/C19H20N4O2S2/c1-3-23(14-9-5-4-6-10-14)17(24)13-26-19-22-21-18(27-19)20-15-11-7-8-12-16(15)25-2/h4-12H,3,13H2,1-2H3,(H,20,21). The Balaban J connectivity index is 1.60. The number of carbonyl (C=O) groups excluding carboxylic acids is 1. The predicted octanol–water partition coefficient (Wildman–Crippen LogP) is 4.44. The summed E-state index contributed by atoms with van der Waals surface area (Å²) < 4.78 is 6.06. The molecule has 27 heavy (non-hydrogen) atoms. The van der Waals surface area contributed by atoms with Crippen molar-refractivity contribution in [3.63, 3.8) is 0 Å². The Labute approximate surface area is 166 Å². The van der Waals surface area contributed by atoms with Crippen LogP contribution in [-0.4, -0.2) is 35.5 Å². The Bertz CT molecular complexity index is 886. The van der Waals surface area contributed by atoms with Crippen molar-refractivity contribution >= 4 is 45.5 Å². The smallest absolute Gasteiger partial charge is 0.237 e. The first kappa shape index (κ1) is 19.2. The minimum atomic E-state index is 0.0446. The topological polar surface area (TPSA) is 67.4 Å². The molecule has 0 unspecified atom stereocenters. The molecule has 3 rings (SSSR count). The number of benzene rings is 2. The Kier molecular flexibility index (Phi) is 6.67. The maximum Gasteiger partial charge on any atom is 0.237 e. The Morgan fingerprint density at radius 1 is 1.15 bits per heavy atom. The fourth-order valence-electron chi connectivity index (χ4n) is 2.49. The molecule has 0 aliphatic heterocycles. The van der Waals surface area contributed by atoms with Crippen molar-refractivity contribution in [2.45, 2.75) is 11.3 Å². The van der Waals surface area contributed by atoms with Crippen molar-refractivity contribution in [1.82, 2.24) is 10.2 Å². The zero-order valence-corrected chi connectivity index (χ0v) is 16.7. The summed E-state index contributed by atoms with van der Waals surface area (Å²) >= 11 is 2.80. The number of thioether (sulfide) groups is 1. The fourth-order valence-corrected chi connectivity index (χ4v) is 4.13. The number of anilines is 3. The fraction of sp³-hybridized carbons (Fsp3) is 0.211. The number of aromatic nitrogens is 2. The van der Waals surface area contributed by atoms with Crippen LogP contribution in [0.4, 0.5) is 16.5 Å². The van der Waals surface area contributed by atoms with E-state index in [1.54, 1.807) is 12.0 Å². The van der Waals surface area contributed by atoms with Gasteiger partial charge in [-0.1, -0.05) is 53.4 Å². The second-order valence-corrected chi connectivity index (χ2v) is 7.66. The van der Waals surface area contributed by atoms with E-state index in [-0.39, 0.29) is 5.91 Å². The molecule has 0 aliphatic carbocycles. The lowest BCUT2D eigenvalue weighted by Gasteiger charge is -2.20. The average Bonchev–Trinajstić information content (AvgIpc) is 3.15. The van der Waals surface area contributed by atoms with Gasteiger partial charge in [0.15, 0.2) is 4.34 Å². The molecule has 0 radical (unpaired) electrons. The van der Waals surface area contributed by atoms with Crippen molar-refractivity contribution in [2.24, 2.45) is 0 Å². The van der Waals surface area contributed by atoms with E-state index < -0.39 is 0 Å². The van der Waals surface area contributed by atoms with Gasteiger partial charge in [0.2, 0.25) is 11.0 Å². The molecule has 0 saturated heterocycles. The largest absolute Gasteiger partial charge is 0.495 e. The minimum absolute atomic E-state index is 0.0446. The number of amides is 1. The number of para-hydroxylation sites is 3. The molecule has 1 amide bonds. The molecule has 0 fully saturated rings. The first-order valence-corrected chi connectivity index (χ1v) is 10.2. The van der Waals surface area contributed by atoms with Crippen molar-refractivity contribution in [2.75, 3.05) is 29.6 Å². The van der Waals surface area contributed by atoms with E-state index in [0.717, 1.165) is 21.5 Å². The van der Waals surface area contributed by atoms with Crippen LogP contribution in [0.2, 0.25) is 0 Å². The van der Waals surface area contributed by atoms with Gasteiger partial charge < -0.3 is 15.0 Å². The molecule has 0 atom stereocenters. The Morgan fingerprint density at radius 2 is 1.89 bits per heavy atom. The van der Waals surface area contributed by atoms with Gasteiger partial charge in [-0.05, 0) is 31.2 Å². The molecule has 0 bridgehead atoms. The lowest BCUT2D eigenvalue weighted by Crippen LogP contribution is -2.32. The molecular weight excluding hydrogens is 380 g/mol. The van der Waals surface area contributed by atoms with Crippen molar-refractivity contribution in [3.8, 4) is 5.75 Å². The summed E-state index contributed by atoms with van der Waals surface area (Å²) in [4.78, 5) is 14.3. The SMILES string of the molecule is CCN(C(=O)CSc1nnc(Nc2ccccc2OC)s1)c1ccccc1. The first-order chi connectivity index (χ1) is 13.2. The van der Waals surface area contributed by atoms with Crippen LogP contribution in [0.15, 0.2) is 58.9 Å². The summed E-state index contributed by atoms with van der Waals surface area (Å²) in [5.74, 6) is 1.09. The second kappa shape index (κ2) is 9.38. The maximum absolute atomic E-state index is 12.6. The zero-order valence-electron chi connectivity index (χ0n) is 15.1. The van der Waals surface area contributed by atoms with Gasteiger partial charge in [-0.2, -0.15) is 0 Å². The summed E-state index contributed by atoms with van der Waals surface area (Å²) in [7, 11) is 1.62. The Morgan fingerprint density at radius 3 is 2.63 bits per heavy atom. The monoisotopic (exact) mass is 400 g/mol. The molecule has 2 aromatic carbocycles. The molecule has 0 saturated carbocycles. The van der Waals surface area contributed by atoms with Crippen LogP contribution in [0.1, 0.15) is 6.92 Å². The van der Waals surface area contributed by atoms with Crippen LogP contribution in [-0.2, 0) is 4.79 Å². The van der Waals surface area contributed by atoms with Gasteiger partial charge in [0.25, 0.3) is 0 Å². The highest BCUT2D eigenvalue weighted by Gasteiger charge is 2.15. The molecule has 1 aromatic heterocycles. The van der Waals surface area contributed by atoms with E-state index in [0.29, 0.717) is 17.4 Å². The lowest BCUT2D eigenvalue weighted by atomic mass is 10.3. The van der Waals surface area contributed by atoms with E-state index in [1.165, 1.54) is 23.1 Å². The third-order valence-electron chi connectivity index (χ3n) is 3.76. The van der Waals surface area contributed by atoms with Gasteiger partial charge in [0, 0.05) is 12.2 Å². The number of hydrogen-bond acceptors (Lipinski definition) is 7. The summed E-state index contributed by atoms with van der Waals surface area (Å²) in [6.07, 6.45) is 0. The highest BCUT2D eigenvalue weighted by atomic mass is 32.2. The quantitative estimate of drug-likeness (QED) is 0.564. The zero-order chi connectivity index (χ0) is 19.1. The molecule has 6 nitrogen and oxygen atoms in total. The van der Waals surface area contributed by atoms with Crippen molar-refractivity contribution in [3.05, 3.63) is 54.6 Å². The van der Waals surface area contributed by atoms with Crippen LogP contribution in [0.25, 0.3) is 0 Å². The Hall–Kier alpha value is -2.58. The number of methoxy groups -OCH3 is 1. The van der Waals surface area contributed by atoms with Crippen LogP contribution < -0.4 is 15.0 Å². The third-order valence-corrected chi connectivity index (χ3v) is 5.72. The molecular formula is C19H20N4O2S2. The van der Waals surface area contributed by atoms with E-state index in [9.17, 15) is 4.79 Å². The molecule has 140 valence electrons. The maximum atomic E-state index is 12.6. The number of hydrogen-bond donors (Lipinski definition) is 1. The van der Waals surface area contributed by atoms with Gasteiger partial charge >= 0.3 is 0 Å². The average molecular weight is 401 g/mol. The van der Waals surface area contributed by atoms with Gasteiger partial charge in [-0.3, -0.25) is 4.79 Å². The first-order valence-electron chi connectivity index (χ1n) is 8.43. The van der Waals surface area contributed by atoms with E-state index in [4.69, 9.17) is 4.74 Å². The molecule has 8 heteroatoms. The second-order valence-electron chi connectivity index (χ2n) is 5.46. The van der Waals surface area contributed by atoms with Gasteiger partial charge in [0.1, 0.15) is 5.75 Å². The van der Waals surface area contributed by atoms with E-state index >= 15 is 0 Å². The number of ether oxygens (including phenoxy) is 1. The third kappa shape index (κ3) is 4.99. The lowest BCUT2D eigenvalue weighted by molar-refractivity contribution is -0.116. The summed E-state index contributed by atoms with van der Waals surface area (Å²) in [6.45, 7) is 2.59. The van der Waals surface area contributed by atoms with Crippen molar-refractivity contribution in [1.29, 1.82) is 0 Å². The summed E-state index contributed by atoms with van der Waals surface area (Å²) in [5.41, 5.74) is 1.73.